The summed E-state index contributed by atoms with van der Waals surface area (Å²) in [6, 6.07) is 5.14. The van der Waals surface area contributed by atoms with Crippen molar-refractivity contribution in [1.82, 2.24) is 19.7 Å². The lowest BCUT2D eigenvalue weighted by Gasteiger charge is -2.12. The Bertz CT molecular complexity index is 1040. The molecule has 3 aromatic rings. The first-order valence-corrected chi connectivity index (χ1v) is 9.38. The number of aromatic nitrogens is 4. The summed E-state index contributed by atoms with van der Waals surface area (Å²) in [6.45, 7) is 4.30. The van der Waals surface area contributed by atoms with Gasteiger partial charge >= 0.3 is 0 Å². The number of rotatable bonds is 6. The fraction of sp³-hybridized carbons (Fsp3) is 0.333. The SMILES string of the molecule is CCCOc1ccc(C(=O)CBr)cc1-c1nc2c(c(C)nn2C)c(=O)[nH]1. The molecule has 7 nitrogen and oxygen atoms in total. The Hall–Kier alpha value is -2.48. The van der Waals surface area contributed by atoms with Crippen LogP contribution in [-0.2, 0) is 7.05 Å². The molecular formula is C18H19BrN4O3. The lowest BCUT2D eigenvalue weighted by Crippen LogP contribution is -2.11. The number of alkyl halides is 1. The molecule has 0 radical (unpaired) electrons. The van der Waals surface area contributed by atoms with Crippen LogP contribution < -0.4 is 10.3 Å². The van der Waals surface area contributed by atoms with Crippen LogP contribution in [-0.4, -0.2) is 37.5 Å². The van der Waals surface area contributed by atoms with Gasteiger partial charge in [-0.25, -0.2) is 9.67 Å². The molecule has 0 amide bonds. The van der Waals surface area contributed by atoms with Crippen LogP contribution in [0.25, 0.3) is 22.4 Å². The Balaban J connectivity index is 2.23. The van der Waals surface area contributed by atoms with Gasteiger partial charge in [0, 0.05) is 12.6 Å². The molecule has 26 heavy (non-hydrogen) atoms. The van der Waals surface area contributed by atoms with E-state index >= 15 is 0 Å². The Morgan fingerprint density at radius 2 is 2.15 bits per heavy atom. The summed E-state index contributed by atoms with van der Waals surface area (Å²) in [5.74, 6) is 0.855. The molecule has 136 valence electrons. The maximum Gasteiger partial charge on any atom is 0.262 e. The molecule has 0 aliphatic rings. The summed E-state index contributed by atoms with van der Waals surface area (Å²) in [4.78, 5) is 32.0. The van der Waals surface area contributed by atoms with Crippen molar-refractivity contribution >= 4 is 32.7 Å². The second kappa shape index (κ2) is 7.41. The van der Waals surface area contributed by atoms with Crippen molar-refractivity contribution in [3.05, 3.63) is 39.8 Å². The van der Waals surface area contributed by atoms with E-state index in [1.807, 2.05) is 6.92 Å². The zero-order valence-corrected chi connectivity index (χ0v) is 16.4. The fourth-order valence-electron chi connectivity index (χ4n) is 2.78. The quantitative estimate of drug-likeness (QED) is 0.490. The molecule has 0 aliphatic carbocycles. The number of benzene rings is 1. The van der Waals surface area contributed by atoms with Gasteiger partial charge in [0.15, 0.2) is 11.4 Å². The van der Waals surface area contributed by atoms with Crippen molar-refractivity contribution in [2.45, 2.75) is 20.3 Å². The highest BCUT2D eigenvalue weighted by molar-refractivity contribution is 9.09. The Labute approximate surface area is 158 Å². The number of hydrogen-bond donors (Lipinski definition) is 1. The molecule has 0 saturated heterocycles. The molecule has 3 rings (SSSR count). The largest absolute Gasteiger partial charge is 0.493 e. The number of H-pyrrole nitrogens is 1. The van der Waals surface area contributed by atoms with Crippen molar-refractivity contribution in [3.63, 3.8) is 0 Å². The van der Waals surface area contributed by atoms with E-state index in [4.69, 9.17) is 4.74 Å². The third-order valence-electron chi connectivity index (χ3n) is 4.01. The first kappa shape index (κ1) is 18.3. The summed E-state index contributed by atoms with van der Waals surface area (Å²) in [6.07, 6.45) is 0.839. The van der Waals surface area contributed by atoms with Gasteiger partial charge in [-0.05, 0) is 31.5 Å². The number of hydrogen-bond acceptors (Lipinski definition) is 5. The predicted molar refractivity (Wildman–Crippen MR) is 103 cm³/mol. The van der Waals surface area contributed by atoms with E-state index < -0.39 is 0 Å². The van der Waals surface area contributed by atoms with Gasteiger partial charge in [0.05, 0.1) is 23.2 Å². The average Bonchev–Trinajstić information content (AvgIpc) is 2.93. The van der Waals surface area contributed by atoms with Crippen LogP contribution in [0.1, 0.15) is 29.4 Å². The van der Waals surface area contributed by atoms with Crippen LogP contribution in [0.2, 0.25) is 0 Å². The molecular weight excluding hydrogens is 400 g/mol. The van der Waals surface area contributed by atoms with Gasteiger partial charge in [-0.1, -0.05) is 22.9 Å². The number of nitrogens with one attached hydrogen (secondary N) is 1. The van der Waals surface area contributed by atoms with Crippen molar-refractivity contribution in [2.75, 3.05) is 11.9 Å². The van der Waals surface area contributed by atoms with Gasteiger partial charge in [0.25, 0.3) is 5.56 Å². The Kier molecular flexibility index (Phi) is 5.22. The minimum atomic E-state index is -0.269. The molecule has 0 unspecified atom stereocenters. The number of nitrogens with zero attached hydrogens (tertiary/aromatic N) is 3. The monoisotopic (exact) mass is 418 g/mol. The minimum absolute atomic E-state index is 0.0619. The highest BCUT2D eigenvalue weighted by Crippen LogP contribution is 2.30. The number of fused-ring (bicyclic) bond motifs is 1. The number of ether oxygens (including phenoxy) is 1. The summed E-state index contributed by atoms with van der Waals surface area (Å²) in [5, 5.41) is 4.93. The predicted octanol–water partition coefficient (Wildman–Crippen LogP) is 3.00. The third-order valence-corrected chi connectivity index (χ3v) is 4.52. The number of carbonyl (C=O) groups excluding carboxylic acids is 1. The second-order valence-corrected chi connectivity index (χ2v) is 6.50. The molecule has 0 spiro atoms. The van der Waals surface area contributed by atoms with Crippen LogP contribution in [0.4, 0.5) is 0 Å². The average molecular weight is 419 g/mol. The van der Waals surface area contributed by atoms with Gasteiger partial charge in [0.1, 0.15) is 17.0 Å². The normalized spacial score (nSPS) is 11.1. The summed E-state index contributed by atoms with van der Waals surface area (Å²) >= 11 is 3.18. The van der Waals surface area contributed by atoms with Crippen LogP contribution >= 0.6 is 15.9 Å². The van der Waals surface area contributed by atoms with Gasteiger partial charge in [-0.15, -0.1) is 0 Å². The highest BCUT2D eigenvalue weighted by atomic mass is 79.9. The van der Waals surface area contributed by atoms with Crippen molar-refractivity contribution < 1.29 is 9.53 Å². The maximum absolute atomic E-state index is 12.5. The van der Waals surface area contributed by atoms with Crippen LogP contribution in [0.3, 0.4) is 0 Å². The zero-order chi connectivity index (χ0) is 18.8. The minimum Gasteiger partial charge on any atom is -0.493 e. The third kappa shape index (κ3) is 3.29. The number of aryl methyl sites for hydroxylation is 2. The standard InChI is InChI=1S/C18H19BrN4O3/c1-4-7-26-14-6-5-11(13(24)9-19)8-12(14)16-20-17-15(18(25)21-16)10(2)22-23(17)3/h5-6,8H,4,7,9H2,1-3H3,(H,20,21,25). The molecule has 2 aromatic heterocycles. The number of halogens is 1. The van der Waals surface area contributed by atoms with Gasteiger partial charge in [-0.2, -0.15) is 5.10 Å². The molecule has 0 saturated carbocycles. The molecule has 1 N–H and O–H groups in total. The van der Waals surface area contributed by atoms with E-state index in [-0.39, 0.29) is 16.7 Å². The molecule has 0 bridgehead atoms. The molecule has 0 fully saturated rings. The van der Waals surface area contributed by atoms with Gasteiger partial charge < -0.3 is 9.72 Å². The molecule has 8 heteroatoms. The van der Waals surface area contributed by atoms with Crippen molar-refractivity contribution in [1.29, 1.82) is 0 Å². The first-order chi connectivity index (χ1) is 12.5. The van der Waals surface area contributed by atoms with E-state index in [1.165, 1.54) is 0 Å². The van der Waals surface area contributed by atoms with E-state index in [0.717, 1.165) is 6.42 Å². The van der Waals surface area contributed by atoms with E-state index in [1.54, 1.807) is 36.9 Å². The number of ketones is 1. The number of carbonyl (C=O) groups is 1. The van der Waals surface area contributed by atoms with Crippen LogP contribution in [0.5, 0.6) is 5.75 Å². The first-order valence-electron chi connectivity index (χ1n) is 8.26. The summed E-state index contributed by atoms with van der Waals surface area (Å²) in [5.41, 5.74) is 1.93. The second-order valence-electron chi connectivity index (χ2n) is 5.94. The lowest BCUT2D eigenvalue weighted by molar-refractivity contribution is 0.102. The summed E-state index contributed by atoms with van der Waals surface area (Å²) in [7, 11) is 1.74. The fourth-order valence-corrected chi connectivity index (χ4v) is 3.10. The van der Waals surface area contributed by atoms with Gasteiger partial charge in [0.2, 0.25) is 0 Å². The number of Topliss-reactive ketones (excluding diaryl/α,β-unsaturated/α-hetero) is 1. The van der Waals surface area contributed by atoms with E-state index in [2.05, 4.69) is 31.0 Å². The van der Waals surface area contributed by atoms with Crippen LogP contribution in [0, 0.1) is 6.92 Å². The Morgan fingerprint density at radius 3 is 2.85 bits per heavy atom. The summed E-state index contributed by atoms with van der Waals surface area (Å²) < 4.78 is 7.36. The zero-order valence-electron chi connectivity index (χ0n) is 14.8. The maximum atomic E-state index is 12.5. The molecule has 2 heterocycles. The molecule has 1 aromatic carbocycles. The van der Waals surface area contributed by atoms with Crippen molar-refractivity contribution in [3.8, 4) is 17.1 Å². The Morgan fingerprint density at radius 1 is 1.38 bits per heavy atom. The highest BCUT2D eigenvalue weighted by Gasteiger charge is 2.17. The smallest absolute Gasteiger partial charge is 0.262 e. The number of aromatic amines is 1. The van der Waals surface area contributed by atoms with Crippen LogP contribution in [0.15, 0.2) is 23.0 Å². The topological polar surface area (TPSA) is 89.9 Å². The van der Waals surface area contributed by atoms with Crippen molar-refractivity contribution in [2.24, 2.45) is 7.05 Å². The van der Waals surface area contributed by atoms with E-state index in [0.29, 0.717) is 46.0 Å². The molecule has 0 atom stereocenters. The van der Waals surface area contributed by atoms with Gasteiger partial charge in [-0.3, -0.25) is 9.59 Å². The lowest BCUT2D eigenvalue weighted by atomic mass is 10.1. The molecule has 0 aliphatic heterocycles. The van der Waals surface area contributed by atoms with E-state index in [9.17, 15) is 9.59 Å².